The smallest absolute Gasteiger partial charge is 0.343 e. The van der Waals surface area contributed by atoms with E-state index in [1.165, 1.54) is 19.1 Å². The van der Waals surface area contributed by atoms with Gasteiger partial charge in [0.25, 0.3) is 5.91 Å². The second-order valence-corrected chi connectivity index (χ2v) is 4.80. The molecule has 1 rings (SSSR count). The number of hydrogen-bond acceptors (Lipinski definition) is 2. The summed E-state index contributed by atoms with van der Waals surface area (Å²) in [6.45, 7) is 1.60. The summed E-state index contributed by atoms with van der Waals surface area (Å²) in [7, 11) is 0. The molecule has 0 bridgehead atoms. The van der Waals surface area contributed by atoms with E-state index in [1.807, 2.05) is 0 Å². The molecule has 2 amide bonds. The molecule has 0 aliphatic heterocycles. The van der Waals surface area contributed by atoms with Crippen molar-refractivity contribution in [3.8, 4) is 0 Å². The molecule has 0 radical (unpaired) electrons. The quantitative estimate of drug-likeness (QED) is 0.488. The maximum Gasteiger partial charge on any atom is 0.405 e. The fraction of sp³-hybridized carbons (Fsp3) is 0.250. The lowest BCUT2D eigenvalue weighted by atomic mass is 10.1. The minimum Gasteiger partial charge on any atom is -0.343 e. The van der Waals surface area contributed by atoms with E-state index in [0.717, 1.165) is 12.1 Å². The van der Waals surface area contributed by atoms with Crippen molar-refractivity contribution in [2.24, 2.45) is 0 Å². The van der Waals surface area contributed by atoms with Crippen molar-refractivity contribution in [3.05, 3.63) is 53.4 Å². The van der Waals surface area contributed by atoms with Crippen LogP contribution in [0.4, 0.5) is 23.2 Å². The molecule has 0 saturated carbocycles. The molecule has 130 valence electrons. The molecule has 0 aromatic heterocycles. The van der Waals surface area contributed by atoms with Crippen LogP contribution in [0.25, 0.3) is 0 Å². The third-order valence-corrected chi connectivity index (χ3v) is 2.86. The number of carbonyl (C=O) groups is 2. The Labute approximate surface area is 136 Å². The Morgan fingerprint density at radius 1 is 1.21 bits per heavy atom. The molecular weight excluding hydrogens is 328 g/mol. The zero-order valence-corrected chi connectivity index (χ0v) is 13.0. The molecule has 0 aliphatic rings. The van der Waals surface area contributed by atoms with Crippen LogP contribution in [-0.4, -0.2) is 24.5 Å². The van der Waals surface area contributed by atoms with Crippen LogP contribution in [0.1, 0.15) is 22.8 Å². The summed E-state index contributed by atoms with van der Waals surface area (Å²) in [5.41, 5.74) is -0.257. The summed E-state index contributed by atoms with van der Waals surface area (Å²) in [5, 5.41) is 4.02. The molecule has 4 nitrogen and oxygen atoms in total. The van der Waals surface area contributed by atoms with Crippen LogP contribution in [0, 0.1) is 12.7 Å². The van der Waals surface area contributed by atoms with E-state index in [4.69, 9.17) is 0 Å². The molecule has 1 aromatic rings. The average molecular weight is 344 g/mol. The highest BCUT2D eigenvalue weighted by Crippen LogP contribution is 2.21. The van der Waals surface area contributed by atoms with Gasteiger partial charge in [0.15, 0.2) is 0 Å². The highest BCUT2D eigenvalue weighted by molar-refractivity contribution is 6.01. The number of hydrogen-bond donors (Lipinski definition) is 2. The summed E-state index contributed by atoms with van der Waals surface area (Å²) >= 11 is 0. The van der Waals surface area contributed by atoms with Gasteiger partial charge in [-0.3, -0.25) is 9.59 Å². The Hall–Kier alpha value is -2.64. The Morgan fingerprint density at radius 3 is 2.46 bits per heavy atom. The van der Waals surface area contributed by atoms with E-state index in [0.29, 0.717) is 0 Å². The van der Waals surface area contributed by atoms with Crippen molar-refractivity contribution in [1.29, 1.82) is 0 Å². The SMILES string of the molecule is C/C=C/C=C\C(=O)Nc1cc(C(=O)NCC(F)(F)F)cc(F)c1C. The van der Waals surface area contributed by atoms with Gasteiger partial charge >= 0.3 is 6.18 Å². The van der Waals surface area contributed by atoms with Gasteiger partial charge < -0.3 is 10.6 Å². The summed E-state index contributed by atoms with van der Waals surface area (Å²) in [6.07, 6.45) is 1.37. The van der Waals surface area contributed by atoms with Crippen molar-refractivity contribution >= 4 is 17.5 Å². The Bertz CT molecular complexity index is 679. The molecule has 0 fully saturated rings. The second-order valence-electron chi connectivity index (χ2n) is 4.80. The molecule has 2 N–H and O–H groups in total. The first kappa shape index (κ1) is 19.4. The summed E-state index contributed by atoms with van der Waals surface area (Å²) in [6, 6.07) is 1.93. The maximum absolute atomic E-state index is 13.8. The number of nitrogens with one attached hydrogen (secondary N) is 2. The van der Waals surface area contributed by atoms with Crippen LogP contribution in [0.5, 0.6) is 0 Å². The van der Waals surface area contributed by atoms with E-state index >= 15 is 0 Å². The predicted molar refractivity (Wildman–Crippen MR) is 82.1 cm³/mol. The van der Waals surface area contributed by atoms with Gasteiger partial charge in [-0.15, -0.1) is 0 Å². The van der Waals surface area contributed by atoms with Crippen LogP contribution in [0.15, 0.2) is 36.4 Å². The van der Waals surface area contributed by atoms with E-state index in [1.54, 1.807) is 24.4 Å². The van der Waals surface area contributed by atoms with Crippen LogP contribution < -0.4 is 10.6 Å². The number of benzene rings is 1. The molecule has 0 atom stereocenters. The van der Waals surface area contributed by atoms with Gasteiger partial charge in [-0.2, -0.15) is 13.2 Å². The summed E-state index contributed by atoms with van der Waals surface area (Å²) in [4.78, 5) is 23.4. The van der Waals surface area contributed by atoms with Crippen LogP contribution in [0.3, 0.4) is 0 Å². The van der Waals surface area contributed by atoms with Gasteiger partial charge in [-0.05, 0) is 26.0 Å². The first-order valence-corrected chi connectivity index (χ1v) is 6.89. The second kappa shape index (κ2) is 8.28. The van der Waals surface area contributed by atoms with E-state index in [9.17, 15) is 27.2 Å². The monoisotopic (exact) mass is 344 g/mol. The predicted octanol–water partition coefficient (Wildman–Crippen LogP) is 3.50. The maximum atomic E-state index is 13.8. The molecular formula is C16H16F4N2O2. The number of amides is 2. The Balaban J connectivity index is 2.96. The minimum absolute atomic E-state index is 0.00212. The standard InChI is InChI=1S/C16H16F4N2O2/c1-3-4-5-6-14(23)22-13-8-11(7-12(17)10(13)2)15(24)21-9-16(18,19)20/h3-8H,9H2,1-2H3,(H,21,24)(H,22,23)/b4-3+,6-5-. The topological polar surface area (TPSA) is 58.2 Å². The number of rotatable bonds is 5. The number of allylic oxidation sites excluding steroid dienone is 3. The molecule has 1 aromatic carbocycles. The Kier molecular flexibility index (Phi) is 6.69. The first-order chi connectivity index (χ1) is 11.1. The lowest BCUT2D eigenvalue weighted by Crippen LogP contribution is -2.33. The van der Waals surface area contributed by atoms with Crippen molar-refractivity contribution in [3.63, 3.8) is 0 Å². The van der Waals surface area contributed by atoms with Gasteiger partial charge in [-0.1, -0.05) is 18.2 Å². The molecule has 0 heterocycles. The molecule has 24 heavy (non-hydrogen) atoms. The lowest BCUT2D eigenvalue weighted by Gasteiger charge is -2.12. The zero-order valence-electron chi connectivity index (χ0n) is 13.0. The summed E-state index contributed by atoms with van der Waals surface area (Å²) in [5.74, 6) is -2.47. The Morgan fingerprint density at radius 2 is 1.88 bits per heavy atom. The van der Waals surface area contributed by atoms with E-state index in [2.05, 4.69) is 5.32 Å². The zero-order chi connectivity index (χ0) is 18.3. The van der Waals surface area contributed by atoms with Crippen LogP contribution in [-0.2, 0) is 4.79 Å². The molecule has 0 saturated heterocycles. The van der Waals surface area contributed by atoms with Crippen LogP contribution >= 0.6 is 0 Å². The highest BCUT2D eigenvalue weighted by Gasteiger charge is 2.28. The van der Waals surface area contributed by atoms with Gasteiger partial charge in [0.2, 0.25) is 5.91 Å². The minimum atomic E-state index is -4.58. The fourth-order valence-electron chi connectivity index (χ4n) is 1.65. The van der Waals surface area contributed by atoms with Gasteiger partial charge in [0.1, 0.15) is 12.4 Å². The number of halogens is 4. The van der Waals surface area contributed by atoms with Gasteiger partial charge in [0.05, 0.1) is 0 Å². The third-order valence-electron chi connectivity index (χ3n) is 2.86. The van der Waals surface area contributed by atoms with Crippen molar-refractivity contribution in [2.45, 2.75) is 20.0 Å². The van der Waals surface area contributed by atoms with Crippen molar-refractivity contribution < 1.29 is 27.2 Å². The highest BCUT2D eigenvalue weighted by atomic mass is 19.4. The molecule has 0 aliphatic carbocycles. The fourth-order valence-corrected chi connectivity index (χ4v) is 1.65. The molecule has 0 spiro atoms. The first-order valence-electron chi connectivity index (χ1n) is 6.89. The van der Waals surface area contributed by atoms with E-state index < -0.39 is 30.4 Å². The van der Waals surface area contributed by atoms with Gasteiger partial charge in [0, 0.05) is 22.9 Å². The average Bonchev–Trinajstić information content (AvgIpc) is 2.48. The number of anilines is 1. The number of alkyl halides is 3. The van der Waals surface area contributed by atoms with Crippen molar-refractivity contribution in [2.75, 3.05) is 11.9 Å². The largest absolute Gasteiger partial charge is 0.405 e. The lowest BCUT2D eigenvalue weighted by molar-refractivity contribution is -0.123. The molecule has 0 unspecified atom stereocenters. The summed E-state index contributed by atoms with van der Waals surface area (Å²) < 4.78 is 50.2. The van der Waals surface area contributed by atoms with Crippen LogP contribution in [0.2, 0.25) is 0 Å². The normalized spacial score (nSPS) is 11.9. The number of carbonyl (C=O) groups excluding carboxylic acids is 2. The van der Waals surface area contributed by atoms with Gasteiger partial charge in [-0.25, -0.2) is 4.39 Å². The molecule has 8 heteroatoms. The van der Waals surface area contributed by atoms with Crippen molar-refractivity contribution in [1.82, 2.24) is 5.32 Å². The third kappa shape index (κ3) is 6.23. The van der Waals surface area contributed by atoms with E-state index in [-0.39, 0.29) is 16.8 Å².